The molecule has 6 nitrogen and oxygen atoms in total. The maximum atomic E-state index is 13.0. The van der Waals surface area contributed by atoms with Crippen LogP contribution in [0.3, 0.4) is 0 Å². The van der Waals surface area contributed by atoms with Crippen LogP contribution in [0.15, 0.2) is 30.3 Å². The van der Waals surface area contributed by atoms with E-state index in [1.54, 1.807) is 11.8 Å². The van der Waals surface area contributed by atoms with Gasteiger partial charge in [0, 0.05) is 4.75 Å². The normalized spacial score (nSPS) is 24.8. The third kappa shape index (κ3) is 5.69. The van der Waals surface area contributed by atoms with Crippen LogP contribution in [0.5, 0.6) is 0 Å². The summed E-state index contributed by atoms with van der Waals surface area (Å²) < 4.78 is 10.8. The molecule has 8 heteroatoms. The molecule has 1 aromatic rings. The lowest BCUT2D eigenvalue weighted by molar-refractivity contribution is -0.157. The molecule has 2 fully saturated rings. The number of hydrogen-bond acceptors (Lipinski definition) is 8. The van der Waals surface area contributed by atoms with Gasteiger partial charge in [-0.2, -0.15) is 11.8 Å². The second-order valence-electron chi connectivity index (χ2n) is 8.47. The van der Waals surface area contributed by atoms with Gasteiger partial charge in [-0.25, -0.2) is 0 Å². The van der Waals surface area contributed by atoms with Crippen molar-refractivity contribution in [1.82, 2.24) is 5.32 Å². The van der Waals surface area contributed by atoms with Crippen LogP contribution in [0, 0.1) is 0 Å². The first kappa shape index (κ1) is 22.5. The standard InChI is InChI=1S/C21H30N2O4S2/c1-20(2,3)27-18(24)15(22)17-23-16(21(29-17)9-11-28-12-10-21)19(25)26-13-14-7-5-4-6-8-14/h4-8,15-17,23H,9-13,22H2,1-3H3. The Kier molecular flexibility index (Phi) is 7.19. The Labute approximate surface area is 181 Å². The van der Waals surface area contributed by atoms with E-state index in [4.69, 9.17) is 15.2 Å². The third-order valence-corrected chi connectivity index (χ3v) is 7.80. The molecule has 3 atom stereocenters. The van der Waals surface area contributed by atoms with Crippen molar-refractivity contribution < 1.29 is 19.1 Å². The van der Waals surface area contributed by atoms with E-state index in [1.807, 2.05) is 62.9 Å². The van der Waals surface area contributed by atoms with Crippen molar-refractivity contribution in [3.05, 3.63) is 35.9 Å². The van der Waals surface area contributed by atoms with Crippen molar-refractivity contribution in [3.8, 4) is 0 Å². The van der Waals surface area contributed by atoms with Gasteiger partial charge in [0.1, 0.15) is 24.3 Å². The summed E-state index contributed by atoms with van der Waals surface area (Å²) in [4.78, 5) is 25.5. The highest BCUT2D eigenvalue weighted by molar-refractivity contribution is 8.02. The van der Waals surface area contributed by atoms with E-state index in [0.717, 1.165) is 29.9 Å². The number of esters is 2. The number of rotatable bonds is 5. The second-order valence-corrected chi connectivity index (χ2v) is 11.2. The Bertz CT molecular complexity index is 717. The molecule has 0 bridgehead atoms. The molecule has 3 unspecified atom stereocenters. The van der Waals surface area contributed by atoms with Gasteiger partial charge in [-0.15, -0.1) is 11.8 Å². The first-order valence-electron chi connectivity index (χ1n) is 9.91. The number of carbonyl (C=O) groups excluding carboxylic acids is 2. The molecule has 2 aliphatic heterocycles. The summed E-state index contributed by atoms with van der Waals surface area (Å²) in [5.41, 5.74) is 6.57. The van der Waals surface area contributed by atoms with Crippen LogP contribution in [0.25, 0.3) is 0 Å². The molecule has 160 valence electrons. The quantitative estimate of drug-likeness (QED) is 0.678. The zero-order valence-electron chi connectivity index (χ0n) is 17.2. The maximum absolute atomic E-state index is 13.0. The zero-order chi connectivity index (χ0) is 21.1. The highest BCUT2D eigenvalue weighted by Gasteiger charge is 2.54. The monoisotopic (exact) mass is 438 g/mol. The van der Waals surface area contributed by atoms with Gasteiger partial charge in [-0.05, 0) is 50.7 Å². The zero-order valence-corrected chi connectivity index (χ0v) is 18.8. The van der Waals surface area contributed by atoms with Crippen molar-refractivity contribution >= 4 is 35.5 Å². The number of nitrogens with two attached hydrogens (primary N) is 1. The van der Waals surface area contributed by atoms with E-state index < -0.39 is 23.7 Å². The summed E-state index contributed by atoms with van der Waals surface area (Å²) >= 11 is 3.49. The van der Waals surface area contributed by atoms with Gasteiger partial charge < -0.3 is 15.2 Å². The average molecular weight is 439 g/mol. The SMILES string of the molecule is CC(C)(C)OC(=O)C(N)C1NC(C(=O)OCc2ccccc2)C2(CCSCC2)S1. The van der Waals surface area contributed by atoms with Crippen LogP contribution in [0.4, 0.5) is 0 Å². The van der Waals surface area contributed by atoms with Crippen molar-refractivity contribution in [2.45, 2.75) is 68.0 Å². The Morgan fingerprint density at radius 1 is 1.24 bits per heavy atom. The van der Waals surface area contributed by atoms with Crippen molar-refractivity contribution in [3.63, 3.8) is 0 Å². The van der Waals surface area contributed by atoms with Crippen LogP contribution in [-0.4, -0.2) is 51.2 Å². The van der Waals surface area contributed by atoms with Crippen LogP contribution in [-0.2, 0) is 25.7 Å². The predicted octanol–water partition coefficient (Wildman–Crippen LogP) is 2.70. The van der Waals surface area contributed by atoms with Gasteiger partial charge in [0.15, 0.2) is 0 Å². The summed E-state index contributed by atoms with van der Waals surface area (Å²) in [6, 6.07) is 8.29. The first-order valence-corrected chi connectivity index (χ1v) is 11.9. The molecule has 2 saturated heterocycles. The van der Waals surface area contributed by atoms with Gasteiger partial charge in [0.05, 0.1) is 5.37 Å². The minimum Gasteiger partial charge on any atom is -0.460 e. The molecular weight excluding hydrogens is 408 g/mol. The molecule has 3 rings (SSSR count). The molecule has 2 heterocycles. The van der Waals surface area contributed by atoms with Gasteiger partial charge in [-0.1, -0.05) is 30.3 Å². The van der Waals surface area contributed by atoms with Crippen molar-refractivity contribution in [1.29, 1.82) is 0 Å². The van der Waals surface area contributed by atoms with Gasteiger partial charge >= 0.3 is 11.9 Å². The molecule has 0 aliphatic carbocycles. The topological polar surface area (TPSA) is 90.6 Å². The lowest BCUT2D eigenvalue weighted by Crippen LogP contribution is -2.53. The Hall–Kier alpha value is -1.22. The van der Waals surface area contributed by atoms with E-state index in [0.29, 0.717) is 0 Å². The smallest absolute Gasteiger partial charge is 0.325 e. The fourth-order valence-electron chi connectivity index (χ4n) is 3.56. The number of ether oxygens (including phenoxy) is 2. The molecule has 1 aromatic carbocycles. The van der Waals surface area contributed by atoms with Crippen LogP contribution < -0.4 is 11.1 Å². The van der Waals surface area contributed by atoms with E-state index in [2.05, 4.69) is 5.32 Å². The number of thioether (sulfide) groups is 2. The van der Waals surface area contributed by atoms with Crippen LogP contribution >= 0.6 is 23.5 Å². The molecule has 2 aliphatic rings. The maximum Gasteiger partial charge on any atom is 0.325 e. The number of carbonyl (C=O) groups is 2. The largest absolute Gasteiger partial charge is 0.460 e. The molecule has 0 aromatic heterocycles. The van der Waals surface area contributed by atoms with E-state index in [-0.39, 0.29) is 22.7 Å². The molecule has 3 N–H and O–H groups in total. The summed E-state index contributed by atoms with van der Waals surface area (Å²) in [5.74, 6) is 1.21. The summed E-state index contributed by atoms with van der Waals surface area (Å²) in [7, 11) is 0. The molecule has 0 saturated carbocycles. The number of benzene rings is 1. The second kappa shape index (κ2) is 9.29. The lowest BCUT2D eigenvalue weighted by atomic mass is 9.92. The fourth-order valence-corrected chi connectivity index (χ4v) is 6.75. The molecular formula is C21H30N2O4S2. The number of nitrogens with one attached hydrogen (secondary N) is 1. The summed E-state index contributed by atoms with van der Waals surface area (Å²) in [6.07, 6.45) is 1.75. The Morgan fingerprint density at radius 2 is 1.90 bits per heavy atom. The summed E-state index contributed by atoms with van der Waals surface area (Å²) in [6.45, 7) is 5.68. The highest BCUT2D eigenvalue weighted by Crippen LogP contribution is 2.48. The molecule has 29 heavy (non-hydrogen) atoms. The molecule has 0 radical (unpaired) electrons. The van der Waals surface area contributed by atoms with Crippen molar-refractivity contribution in [2.24, 2.45) is 5.73 Å². The molecule has 0 amide bonds. The molecule has 1 spiro atoms. The summed E-state index contributed by atoms with van der Waals surface area (Å²) in [5, 5.41) is 2.92. The van der Waals surface area contributed by atoms with Gasteiger partial charge in [-0.3, -0.25) is 14.9 Å². The minimum absolute atomic E-state index is 0.232. The first-order chi connectivity index (χ1) is 13.7. The Morgan fingerprint density at radius 3 is 2.52 bits per heavy atom. The predicted molar refractivity (Wildman–Crippen MR) is 118 cm³/mol. The fraction of sp³-hybridized carbons (Fsp3) is 0.619. The van der Waals surface area contributed by atoms with Crippen LogP contribution in [0.2, 0.25) is 0 Å². The average Bonchev–Trinajstić information content (AvgIpc) is 3.04. The highest BCUT2D eigenvalue weighted by atomic mass is 32.2. The minimum atomic E-state index is -0.849. The van der Waals surface area contributed by atoms with Crippen molar-refractivity contribution in [2.75, 3.05) is 11.5 Å². The lowest BCUT2D eigenvalue weighted by Gasteiger charge is -2.36. The van der Waals surface area contributed by atoms with Gasteiger partial charge in [0.25, 0.3) is 0 Å². The number of hydrogen-bond donors (Lipinski definition) is 2. The van der Waals surface area contributed by atoms with E-state index in [9.17, 15) is 9.59 Å². The Balaban J connectivity index is 1.70. The van der Waals surface area contributed by atoms with E-state index >= 15 is 0 Å². The van der Waals surface area contributed by atoms with E-state index in [1.165, 1.54) is 0 Å². The third-order valence-electron chi connectivity index (χ3n) is 5.02. The van der Waals surface area contributed by atoms with Gasteiger partial charge in [0.2, 0.25) is 0 Å². The van der Waals surface area contributed by atoms with Crippen LogP contribution in [0.1, 0.15) is 39.2 Å².